The van der Waals surface area contributed by atoms with Crippen molar-refractivity contribution < 1.29 is 77.5 Å². The van der Waals surface area contributed by atoms with Crippen LogP contribution >= 0.6 is 0 Å². The van der Waals surface area contributed by atoms with Crippen LogP contribution in [0.3, 0.4) is 0 Å². The first-order valence-corrected chi connectivity index (χ1v) is 20.1. The number of carbonyl (C=O) groups excluding carboxylic acids is 4. The molecule has 17 nitrogen and oxygen atoms in total. The van der Waals surface area contributed by atoms with Crippen molar-refractivity contribution in [1.29, 1.82) is 0 Å². The highest BCUT2D eigenvalue weighted by Crippen LogP contribution is 2.54. The van der Waals surface area contributed by atoms with Crippen molar-refractivity contribution in [3.8, 4) is 17.2 Å². The SMILES string of the molecule is CC[C@@]1(O)C[C@H](O[C@H]2C[C@H](N(C)C)[C@H](O[C@@H]3C[C@@H]4O[C@@H]5CC(=O)[C@H](C)O[C@@H]5O[C@H]4[C@H](C)O3)[C@H](C)O2)c2c(cc3c(c2O)C(=O)c2c(O)cc(O)cc2C3=O)[C@H]1C(=O)OC. The van der Waals surface area contributed by atoms with Gasteiger partial charge in [0, 0.05) is 54.5 Å². The van der Waals surface area contributed by atoms with E-state index in [1.54, 1.807) is 13.8 Å². The highest BCUT2D eigenvalue weighted by Gasteiger charge is 2.54. The maximum atomic E-state index is 14.0. The molecule has 0 aromatic heterocycles. The fourth-order valence-corrected chi connectivity index (χ4v) is 9.77. The van der Waals surface area contributed by atoms with Crippen LogP contribution in [0.1, 0.15) is 115 Å². The van der Waals surface area contributed by atoms with Crippen LogP contribution in [0, 0.1) is 0 Å². The van der Waals surface area contributed by atoms with Gasteiger partial charge in [0.2, 0.25) is 5.78 Å². The number of esters is 1. The van der Waals surface area contributed by atoms with Gasteiger partial charge in [0.1, 0.15) is 47.6 Å². The van der Waals surface area contributed by atoms with Gasteiger partial charge in [0.25, 0.3) is 0 Å². The Labute approximate surface area is 340 Å². The Bertz CT molecular complexity index is 2050. The third-order valence-corrected chi connectivity index (χ3v) is 12.9. The number of fused-ring (bicyclic) bond motifs is 5. The summed E-state index contributed by atoms with van der Waals surface area (Å²) in [7, 11) is 4.93. The van der Waals surface area contributed by atoms with Gasteiger partial charge in [-0.2, -0.15) is 0 Å². The first-order chi connectivity index (χ1) is 27.9. The van der Waals surface area contributed by atoms with E-state index in [2.05, 4.69) is 0 Å². The molecule has 59 heavy (non-hydrogen) atoms. The summed E-state index contributed by atoms with van der Waals surface area (Å²) in [6.07, 6.45) is -6.43. The topological polar surface area (TPSA) is 226 Å². The summed E-state index contributed by atoms with van der Waals surface area (Å²) in [4.78, 5) is 55.6. The third kappa shape index (κ3) is 7.03. The van der Waals surface area contributed by atoms with Crippen LogP contribution in [0.5, 0.6) is 17.2 Å². The minimum Gasteiger partial charge on any atom is -0.508 e. The predicted molar refractivity (Wildman–Crippen MR) is 201 cm³/mol. The molecule has 0 bridgehead atoms. The third-order valence-electron chi connectivity index (χ3n) is 12.9. The number of likely N-dealkylation sites (N-methyl/N-ethyl adjacent to an activating group) is 1. The van der Waals surface area contributed by atoms with Gasteiger partial charge < -0.3 is 63.2 Å². The zero-order valence-corrected chi connectivity index (χ0v) is 33.9. The average molecular weight is 826 g/mol. The molecule has 0 spiro atoms. The molecule has 4 saturated heterocycles. The summed E-state index contributed by atoms with van der Waals surface area (Å²) >= 11 is 0. The van der Waals surface area contributed by atoms with Crippen molar-refractivity contribution in [3.05, 3.63) is 51.6 Å². The number of hydrogen-bond acceptors (Lipinski definition) is 17. The maximum absolute atomic E-state index is 14.0. The normalized spacial score (nSPS) is 37.8. The molecule has 0 radical (unpaired) electrons. The fraction of sp³-hybridized carbons (Fsp3) is 0.619. The Morgan fingerprint density at radius 3 is 2.25 bits per heavy atom. The van der Waals surface area contributed by atoms with Crippen LogP contribution in [0.15, 0.2) is 18.2 Å². The van der Waals surface area contributed by atoms with Crippen molar-refractivity contribution >= 4 is 23.3 Å². The van der Waals surface area contributed by atoms with E-state index in [-0.39, 0.29) is 59.8 Å². The van der Waals surface area contributed by atoms with E-state index in [0.717, 1.165) is 19.2 Å². The van der Waals surface area contributed by atoms with Crippen molar-refractivity contribution in [2.45, 2.75) is 145 Å². The molecule has 17 heteroatoms. The molecule has 4 fully saturated rings. The number of benzene rings is 2. The molecule has 8 rings (SSSR count). The number of methoxy groups -OCH3 is 1. The van der Waals surface area contributed by atoms with E-state index < -0.39 is 125 Å². The summed E-state index contributed by atoms with van der Waals surface area (Å²) in [5, 5.41) is 44.9. The zero-order chi connectivity index (χ0) is 42.4. The van der Waals surface area contributed by atoms with Crippen LogP contribution in [-0.4, -0.2) is 143 Å². The van der Waals surface area contributed by atoms with E-state index in [4.69, 9.17) is 37.9 Å². The molecule has 0 unspecified atom stereocenters. The molecular weight excluding hydrogens is 774 g/mol. The van der Waals surface area contributed by atoms with E-state index in [1.807, 2.05) is 32.8 Å². The number of aliphatic hydroxyl groups is 1. The van der Waals surface area contributed by atoms with Gasteiger partial charge in [-0.1, -0.05) is 6.92 Å². The van der Waals surface area contributed by atoms with Gasteiger partial charge in [-0.05, 0) is 59.0 Å². The Kier molecular flexibility index (Phi) is 10.9. The lowest BCUT2D eigenvalue weighted by atomic mass is 9.67. The molecule has 0 saturated carbocycles. The van der Waals surface area contributed by atoms with Gasteiger partial charge in [-0.3, -0.25) is 19.2 Å². The number of rotatable bonds is 7. The second-order valence-corrected chi connectivity index (χ2v) is 16.7. The van der Waals surface area contributed by atoms with Crippen LogP contribution < -0.4 is 0 Å². The highest BCUT2D eigenvalue weighted by atomic mass is 16.8. The fourth-order valence-electron chi connectivity index (χ4n) is 9.77. The quantitative estimate of drug-likeness (QED) is 0.251. The number of phenols is 3. The molecule has 2 aromatic rings. The number of hydrogen-bond donors (Lipinski definition) is 4. The number of aromatic hydroxyl groups is 3. The molecule has 4 aliphatic heterocycles. The number of ether oxygens (including phenoxy) is 8. The van der Waals surface area contributed by atoms with Crippen LogP contribution in [0.25, 0.3) is 0 Å². The molecular formula is C42H51NO16. The summed E-state index contributed by atoms with van der Waals surface area (Å²) in [5.74, 6) is -5.70. The molecule has 2 aliphatic carbocycles. The van der Waals surface area contributed by atoms with Gasteiger partial charge in [-0.15, -0.1) is 0 Å². The second kappa shape index (κ2) is 15.5. The summed E-state index contributed by atoms with van der Waals surface area (Å²) in [5.41, 5.74) is -3.15. The average Bonchev–Trinajstić information content (AvgIpc) is 3.17. The predicted octanol–water partition coefficient (Wildman–Crippen LogP) is 2.88. The highest BCUT2D eigenvalue weighted by molar-refractivity contribution is 6.30. The smallest absolute Gasteiger partial charge is 0.316 e. The van der Waals surface area contributed by atoms with Gasteiger partial charge in [0.15, 0.2) is 30.4 Å². The van der Waals surface area contributed by atoms with Crippen LogP contribution in [-0.2, 0) is 47.5 Å². The van der Waals surface area contributed by atoms with Crippen molar-refractivity contribution in [1.82, 2.24) is 4.90 Å². The largest absolute Gasteiger partial charge is 0.508 e. The Balaban J connectivity index is 1.07. The van der Waals surface area contributed by atoms with Crippen molar-refractivity contribution in [2.24, 2.45) is 0 Å². The monoisotopic (exact) mass is 825 g/mol. The van der Waals surface area contributed by atoms with E-state index >= 15 is 0 Å². The Morgan fingerprint density at radius 2 is 1.56 bits per heavy atom. The first kappa shape index (κ1) is 41.7. The zero-order valence-electron chi connectivity index (χ0n) is 33.9. The minimum absolute atomic E-state index is 0.00761. The minimum atomic E-state index is -1.79. The van der Waals surface area contributed by atoms with Gasteiger partial charge in [-0.25, -0.2) is 0 Å². The number of nitrogens with zero attached hydrogens (tertiary/aromatic N) is 1. The maximum Gasteiger partial charge on any atom is 0.316 e. The number of Topliss-reactive ketones (excluding diaryl/α,β-unsaturated/α-hetero) is 1. The summed E-state index contributed by atoms with van der Waals surface area (Å²) in [6.45, 7) is 7.07. The molecule has 4 N–H and O–H groups in total. The van der Waals surface area contributed by atoms with Gasteiger partial charge in [0.05, 0.1) is 48.3 Å². The molecule has 4 heterocycles. The summed E-state index contributed by atoms with van der Waals surface area (Å²) < 4.78 is 49.5. The van der Waals surface area contributed by atoms with E-state index in [1.165, 1.54) is 6.07 Å². The lowest BCUT2D eigenvalue weighted by Gasteiger charge is -2.51. The lowest BCUT2D eigenvalue weighted by Crippen LogP contribution is -2.62. The Hall–Kier alpha value is -4.04. The number of ketones is 3. The molecule has 0 amide bonds. The van der Waals surface area contributed by atoms with Gasteiger partial charge >= 0.3 is 5.97 Å². The molecule has 14 atom stereocenters. The lowest BCUT2D eigenvalue weighted by molar-refractivity contribution is -0.371. The standard InChI is InChI=1S/C42H51NO16/c1-8-42(51)15-28(32-20(34(42)40(50)52-7)11-22-33(37(32)49)36(48)31-21(35(22)47)9-19(44)10-25(31)46)57-29-12-23(43(5)6)38(17(3)53-29)58-30-14-26-39(18(4)54-30)59-41-27(56-26)13-24(45)16(2)55-41/h9-11,16-18,23,26-30,34,38-39,41,44,46,49,51H,8,12-15H2,1-7H3/t16-,17-,18-,23-,26-,27+,28-,29-,30+,34-,38+,39-,41+,42+/m0/s1. The number of carbonyl (C=O) groups is 4. The van der Waals surface area contributed by atoms with E-state index in [0.29, 0.717) is 6.42 Å². The summed E-state index contributed by atoms with van der Waals surface area (Å²) in [6, 6.07) is 2.92. The van der Waals surface area contributed by atoms with Crippen LogP contribution in [0.2, 0.25) is 0 Å². The van der Waals surface area contributed by atoms with Crippen molar-refractivity contribution in [3.63, 3.8) is 0 Å². The number of phenolic OH excluding ortho intramolecular Hbond substituents is 3. The van der Waals surface area contributed by atoms with Crippen molar-refractivity contribution in [2.75, 3.05) is 21.2 Å². The molecule has 2 aromatic carbocycles. The Morgan fingerprint density at radius 1 is 0.864 bits per heavy atom. The van der Waals surface area contributed by atoms with E-state index in [9.17, 15) is 39.6 Å². The first-order valence-electron chi connectivity index (χ1n) is 20.1. The molecule has 320 valence electrons. The molecule has 6 aliphatic rings. The van der Waals surface area contributed by atoms with Crippen LogP contribution in [0.4, 0.5) is 0 Å². The second-order valence-electron chi connectivity index (χ2n) is 16.7.